The molecule has 0 unspecified atom stereocenters. The number of benzene rings is 1. The van der Waals surface area contributed by atoms with Crippen LogP contribution >= 0.6 is 23.2 Å². The molecule has 2 aromatic rings. The molecule has 0 fully saturated rings. The molecule has 0 saturated carbocycles. The van der Waals surface area contributed by atoms with Crippen molar-refractivity contribution in [3.05, 3.63) is 46.6 Å². The summed E-state index contributed by atoms with van der Waals surface area (Å²) < 4.78 is 0. The van der Waals surface area contributed by atoms with E-state index >= 15 is 0 Å². The zero-order valence-electron chi connectivity index (χ0n) is 7.30. The van der Waals surface area contributed by atoms with E-state index in [1.54, 1.807) is 12.1 Å². The van der Waals surface area contributed by atoms with Crippen LogP contribution in [0, 0.1) is 0 Å². The molecule has 1 aromatic heterocycles. The third kappa shape index (κ3) is 1.61. The van der Waals surface area contributed by atoms with Gasteiger partial charge in [-0.25, -0.2) is 4.98 Å². The molecule has 0 spiro atoms. The minimum absolute atomic E-state index is 0.467. The average molecular weight is 224 g/mol. The second kappa shape index (κ2) is 3.60. The first kappa shape index (κ1) is 9.50. The lowest BCUT2D eigenvalue weighted by Gasteiger charge is -2.01. The number of aromatic nitrogens is 1. The van der Waals surface area contributed by atoms with Gasteiger partial charge in [0.15, 0.2) is 0 Å². The van der Waals surface area contributed by atoms with Gasteiger partial charge < -0.3 is 0 Å². The number of fused-ring (bicyclic) bond motifs is 1. The van der Waals surface area contributed by atoms with E-state index in [1.165, 1.54) is 0 Å². The van der Waals surface area contributed by atoms with Crippen molar-refractivity contribution in [1.29, 1.82) is 0 Å². The Morgan fingerprint density at radius 3 is 2.71 bits per heavy atom. The molecule has 14 heavy (non-hydrogen) atoms. The summed E-state index contributed by atoms with van der Waals surface area (Å²) in [5.74, 6) is 0. The highest BCUT2D eigenvalue weighted by Gasteiger charge is 2.02. The van der Waals surface area contributed by atoms with Gasteiger partial charge in [0.25, 0.3) is 0 Å². The Bertz CT molecular complexity index is 506. The van der Waals surface area contributed by atoms with E-state index < -0.39 is 0 Å². The molecule has 0 aliphatic rings. The van der Waals surface area contributed by atoms with Crippen LogP contribution in [0.5, 0.6) is 0 Å². The molecule has 0 radical (unpaired) electrons. The van der Waals surface area contributed by atoms with Crippen LogP contribution in [0.15, 0.2) is 30.8 Å². The molecule has 0 amide bonds. The van der Waals surface area contributed by atoms with Gasteiger partial charge in [0.2, 0.25) is 0 Å². The van der Waals surface area contributed by atoms with Crippen molar-refractivity contribution in [2.45, 2.75) is 0 Å². The monoisotopic (exact) mass is 223 g/mol. The molecule has 0 bridgehead atoms. The lowest BCUT2D eigenvalue weighted by atomic mass is 10.1. The standard InChI is InChI=1S/C11H7Cl2N/c1-2-7-5-8-6-9(12)3-4-10(8)14-11(7)13/h2-6H,1H2. The molecule has 1 heterocycles. The lowest BCUT2D eigenvalue weighted by molar-refractivity contribution is 1.40. The number of hydrogen-bond donors (Lipinski definition) is 0. The highest BCUT2D eigenvalue weighted by Crippen LogP contribution is 2.23. The van der Waals surface area contributed by atoms with Crippen LogP contribution in [-0.4, -0.2) is 4.98 Å². The van der Waals surface area contributed by atoms with E-state index in [9.17, 15) is 0 Å². The lowest BCUT2D eigenvalue weighted by Crippen LogP contribution is -1.83. The smallest absolute Gasteiger partial charge is 0.136 e. The average Bonchev–Trinajstić information content (AvgIpc) is 2.17. The molecule has 1 aromatic carbocycles. The van der Waals surface area contributed by atoms with Crippen molar-refractivity contribution in [1.82, 2.24) is 4.98 Å². The number of pyridine rings is 1. The summed E-state index contributed by atoms with van der Waals surface area (Å²) in [7, 11) is 0. The third-order valence-corrected chi connectivity index (χ3v) is 2.52. The number of nitrogens with zero attached hydrogens (tertiary/aromatic N) is 1. The Labute approximate surface area is 92.0 Å². The molecule has 3 heteroatoms. The van der Waals surface area contributed by atoms with Crippen LogP contribution in [0.4, 0.5) is 0 Å². The first-order chi connectivity index (χ1) is 6.70. The van der Waals surface area contributed by atoms with Gasteiger partial charge in [-0.05, 0) is 24.3 Å². The Kier molecular flexibility index (Phi) is 2.44. The summed E-state index contributed by atoms with van der Waals surface area (Å²) >= 11 is 11.8. The van der Waals surface area contributed by atoms with Crippen LogP contribution in [-0.2, 0) is 0 Å². The molecular formula is C11H7Cl2N. The predicted molar refractivity (Wildman–Crippen MR) is 61.9 cm³/mol. The van der Waals surface area contributed by atoms with Crippen molar-refractivity contribution in [3.8, 4) is 0 Å². The Morgan fingerprint density at radius 1 is 1.21 bits per heavy atom. The first-order valence-electron chi connectivity index (χ1n) is 4.09. The van der Waals surface area contributed by atoms with Crippen molar-refractivity contribution >= 4 is 40.2 Å². The van der Waals surface area contributed by atoms with Crippen molar-refractivity contribution in [3.63, 3.8) is 0 Å². The molecule has 0 aliphatic heterocycles. The van der Waals surface area contributed by atoms with E-state index in [-0.39, 0.29) is 0 Å². The second-order valence-corrected chi connectivity index (χ2v) is 3.70. The Hall–Kier alpha value is -1.05. The minimum Gasteiger partial charge on any atom is -0.235 e. The highest BCUT2D eigenvalue weighted by atomic mass is 35.5. The van der Waals surface area contributed by atoms with E-state index in [0.717, 1.165) is 16.5 Å². The van der Waals surface area contributed by atoms with Gasteiger partial charge in [0, 0.05) is 16.0 Å². The molecule has 0 aliphatic carbocycles. The van der Waals surface area contributed by atoms with Crippen LogP contribution in [0.1, 0.15) is 5.56 Å². The van der Waals surface area contributed by atoms with Gasteiger partial charge in [-0.15, -0.1) is 0 Å². The van der Waals surface area contributed by atoms with Crippen LogP contribution in [0.3, 0.4) is 0 Å². The van der Waals surface area contributed by atoms with E-state index in [1.807, 2.05) is 18.2 Å². The first-order valence-corrected chi connectivity index (χ1v) is 4.84. The summed E-state index contributed by atoms with van der Waals surface area (Å²) in [6.45, 7) is 3.66. The summed E-state index contributed by atoms with van der Waals surface area (Å²) in [4.78, 5) is 4.22. The molecule has 1 nitrogen and oxygen atoms in total. The fraction of sp³-hybridized carbons (Fsp3) is 0. The topological polar surface area (TPSA) is 12.9 Å². The van der Waals surface area contributed by atoms with Gasteiger partial charge in [-0.1, -0.05) is 35.9 Å². The molecule has 0 atom stereocenters. The summed E-state index contributed by atoms with van der Waals surface area (Å²) in [6.07, 6.45) is 1.68. The van der Waals surface area contributed by atoms with Gasteiger partial charge in [-0.2, -0.15) is 0 Å². The van der Waals surface area contributed by atoms with Crippen LogP contribution in [0.2, 0.25) is 10.2 Å². The molecule has 0 saturated heterocycles. The minimum atomic E-state index is 0.467. The quantitative estimate of drug-likeness (QED) is 0.662. The highest BCUT2D eigenvalue weighted by molar-refractivity contribution is 6.32. The van der Waals surface area contributed by atoms with Gasteiger partial charge in [0.1, 0.15) is 5.15 Å². The summed E-state index contributed by atoms with van der Waals surface area (Å²) in [5, 5.41) is 2.13. The van der Waals surface area contributed by atoms with Crippen molar-refractivity contribution < 1.29 is 0 Å². The Balaban J connectivity index is 2.79. The maximum absolute atomic E-state index is 5.93. The maximum Gasteiger partial charge on any atom is 0.136 e. The number of hydrogen-bond acceptors (Lipinski definition) is 1. The van der Waals surface area contributed by atoms with Crippen LogP contribution in [0.25, 0.3) is 17.0 Å². The van der Waals surface area contributed by atoms with E-state index in [0.29, 0.717) is 10.2 Å². The van der Waals surface area contributed by atoms with E-state index in [2.05, 4.69) is 11.6 Å². The molecular weight excluding hydrogens is 217 g/mol. The van der Waals surface area contributed by atoms with Crippen molar-refractivity contribution in [2.75, 3.05) is 0 Å². The van der Waals surface area contributed by atoms with Gasteiger partial charge in [0.05, 0.1) is 5.52 Å². The fourth-order valence-corrected chi connectivity index (χ4v) is 1.69. The maximum atomic E-state index is 5.93. The van der Waals surface area contributed by atoms with Gasteiger partial charge in [-0.3, -0.25) is 0 Å². The molecule has 2 rings (SSSR count). The van der Waals surface area contributed by atoms with Gasteiger partial charge >= 0.3 is 0 Å². The summed E-state index contributed by atoms with van der Waals surface area (Å²) in [6, 6.07) is 7.41. The fourth-order valence-electron chi connectivity index (χ4n) is 1.28. The number of rotatable bonds is 1. The zero-order chi connectivity index (χ0) is 10.1. The molecule has 70 valence electrons. The summed E-state index contributed by atoms with van der Waals surface area (Å²) in [5.41, 5.74) is 1.66. The largest absolute Gasteiger partial charge is 0.235 e. The normalized spacial score (nSPS) is 10.4. The van der Waals surface area contributed by atoms with Crippen LogP contribution < -0.4 is 0 Å². The Morgan fingerprint density at radius 2 is 2.00 bits per heavy atom. The molecule has 0 N–H and O–H groups in total. The third-order valence-electron chi connectivity index (χ3n) is 1.98. The SMILES string of the molecule is C=Cc1cc2cc(Cl)ccc2nc1Cl. The predicted octanol–water partition coefficient (Wildman–Crippen LogP) is 4.18. The zero-order valence-corrected chi connectivity index (χ0v) is 8.81. The van der Waals surface area contributed by atoms with Crippen molar-refractivity contribution in [2.24, 2.45) is 0 Å². The second-order valence-electron chi connectivity index (χ2n) is 2.91. The number of halogens is 2. The van der Waals surface area contributed by atoms with E-state index in [4.69, 9.17) is 23.2 Å².